The number of urea groups is 1. The monoisotopic (exact) mass is 447 g/mol. The molecule has 1 aliphatic heterocycles. The lowest BCUT2D eigenvalue weighted by Gasteiger charge is -2.23. The molecule has 3 aromatic rings. The van der Waals surface area contributed by atoms with Crippen LogP contribution in [0.25, 0.3) is 0 Å². The Morgan fingerprint density at radius 3 is 3.00 bits per heavy atom. The van der Waals surface area contributed by atoms with Gasteiger partial charge in [0.25, 0.3) is 0 Å². The highest BCUT2D eigenvalue weighted by Gasteiger charge is 2.23. The van der Waals surface area contributed by atoms with Crippen LogP contribution in [0.1, 0.15) is 17.0 Å². The molecule has 156 valence electrons. The molecule has 2 amide bonds. The Bertz CT molecular complexity index is 1060. The number of aromatic amines is 1. The van der Waals surface area contributed by atoms with Gasteiger partial charge in [0.05, 0.1) is 36.3 Å². The molecule has 10 heteroatoms. The molecule has 0 unspecified atom stereocenters. The zero-order valence-electron chi connectivity index (χ0n) is 16.1. The molecule has 0 radical (unpaired) electrons. The van der Waals surface area contributed by atoms with E-state index in [-0.39, 0.29) is 11.6 Å². The minimum absolute atomic E-state index is 0.0659. The summed E-state index contributed by atoms with van der Waals surface area (Å²) in [5, 5.41) is 10.2. The first-order valence-electron chi connectivity index (χ1n) is 9.21. The lowest BCUT2D eigenvalue weighted by Crippen LogP contribution is -2.35. The van der Waals surface area contributed by atoms with E-state index in [1.807, 2.05) is 11.8 Å². The molecule has 30 heavy (non-hydrogen) atoms. The fraction of sp³-hybridized carbons (Fsp3) is 0.250. The number of aromatic nitrogens is 3. The van der Waals surface area contributed by atoms with E-state index in [4.69, 9.17) is 16.3 Å². The fourth-order valence-corrected chi connectivity index (χ4v) is 4.37. The van der Waals surface area contributed by atoms with Crippen molar-refractivity contribution in [1.29, 1.82) is 0 Å². The zero-order chi connectivity index (χ0) is 21.1. The number of anilines is 2. The lowest BCUT2D eigenvalue weighted by atomic mass is 10.1. The maximum atomic E-state index is 13.5. The second-order valence-electron chi connectivity index (χ2n) is 6.63. The molecule has 0 bridgehead atoms. The van der Waals surface area contributed by atoms with Crippen molar-refractivity contribution >= 4 is 40.8 Å². The van der Waals surface area contributed by atoms with Gasteiger partial charge < -0.3 is 10.1 Å². The third kappa shape index (κ3) is 4.36. The summed E-state index contributed by atoms with van der Waals surface area (Å²) in [6, 6.07) is 7.04. The summed E-state index contributed by atoms with van der Waals surface area (Å²) >= 11 is 7.68. The van der Waals surface area contributed by atoms with Gasteiger partial charge in [-0.1, -0.05) is 11.6 Å². The molecule has 0 spiro atoms. The van der Waals surface area contributed by atoms with Crippen LogP contribution in [-0.4, -0.2) is 34.1 Å². The number of carbonyl (C=O) groups excluding carboxylic acids is 1. The van der Waals surface area contributed by atoms with E-state index in [1.54, 1.807) is 18.3 Å². The number of nitrogens with zero attached hydrogens (tertiary/aromatic N) is 3. The normalized spacial score (nSPS) is 12.9. The molecular weight excluding hydrogens is 429 g/mol. The number of hydrogen-bond donors (Lipinski definition) is 2. The average molecular weight is 448 g/mol. The molecule has 1 aliphatic rings. The molecule has 0 saturated heterocycles. The molecule has 1 aromatic carbocycles. The zero-order valence-corrected chi connectivity index (χ0v) is 17.7. The van der Waals surface area contributed by atoms with Gasteiger partial charge in [-0.3, -0.25) is 10.00 Å². The maximum Gasteiger partial charge on any atom is 0.326 e. The largest absolute Gasteiger partial charge is 0.481 e. The van der Waals surface area contributed by atoms with E-state index in [1.165, 1.54) is 30.2 Å². The van der Waals surface area contributed by atoms with Crippen molar-refractivity contribution in [3.05, 3.63) is 64.3 Å². The van der Waals surface area contributed by atoms with Crippen molar-refractivity contribution in [3.8, 4) is 5.88 Å². The van der Waals surface area contributed by atoms with E-state index in [0.717, 1.165) is 34.9 Å². The van der Waals surface area contributed by atoms with E-state index in [9.17, 15) is 9.18 Å². The highest BCUT2D eigenvalue weighted by atomic mass is 35.5. The minimum atomic E-state index is -0.550. The first-order chi connectivity index (χ1) is 14.5. The Hall–Kier alpha value is -2.78. The Morgan fingerprint density at radius 2 is 2.27 bits per heavy atom. The van der Waals surface area contributed by atoms with Crippen LogP contribution in [0.15, 0.2) is 36.5 Å². The van der Waals surface area contributed by atoms with E-state index >= 15 is 0 Å². The van der Waals surface area contributed by atoms with Crippen LogP contribution in [-0.2, 0) is 18.7 Å². The molecule has 0 atom stereocenters. The predicted molar refractivity (Wildman–Crippen MR) is 116 cm³/mol. The summed E-state index contributed by atoms with van der Waals surface area (Å²) in [6.45, 7) is 0.251. The fourth-order valence-electron chi connectivity index (χ4n) is 3.15. The predicted octanol–water partition coefficient (Wildman–Crippen LogP) is 4.63. The van der Waals surface area contributed by atoms with Crippen LogP contribution in [0, 0.1) is 5.82 Å². The number of methoxy groups -OCH3 is 1. The van der Waals surface area contributed by atoms with Crippen molar-refractivity contribution in [2.75, 3.05) is 23.1 Å². The Labute approximate surface area is 182 Å². The molecular formula is C20H19ClFN5O2S. The van der Waals surface area contributed by atoms with E-state index in [0.29, 0.717) is 17.3 Å². The number of rotatable bonds is 5. The van der Waals surface area contributed by atoms with Gasteiger partial charge in [0.1, 0.15) is 5.82 Å². The van der Waals surface area contributed by atoms with Crippen LogP contribution < -0.4 is 15.0 Å². The number of pyridine rings is 1. The summed E-state index contributed by atoms with van der Waals surface area (Å²) < 4.78 is 18.6. The van der Waals surface area contributed by atoms with Gasteiger partial charge in [-0.25, -0.2) is 14.2 Å². The number of ether oxygens (including phenoxy) is 1. The number of halogens is 2. The standard InChI is InChI=1S/C20H19ClFN5O2S/c1-29-19-5-3-13(9-23-19)27(10-18-14-11-30-7-6-17(14)25-26-18)20(28)24-12-2-4-16(22)15(21)8-12/h2-5,8-9H,6-7,10-11H2,1H3,(H,24,28)(H,25,26). The van der Waals surface area contributed by atoms with Gasteiger partial charge in [-0.2, -0.15) is 16.9 Å². The molecule has 4 rings (SSSR count). The number of aryl methyl sites for hydroxylation is 1. The summed E-state index contributed by atoms with van der Waals surface area (Å²) in [5.74, 6) is 1.79. The van der Waals surface area contributed by atoms with E-state index in [2.05, 4.69) is 20.5 Å². The van der Waals surface area contributed by atoms with Crippen LogP contribution >= 0.6 is 23.4 Å². The van der Waals surface area contributed by atoms with Crippen LogP contribution in [0.2, 0.25) is 5.02 Å². The Kier molecular flexibility index (Phi) is 6.10. The number of hydrogen-bond acceptors (Lipinski definition) is 5. The molecule has 0 saturated carbocycles. The number of amides is 2. The number of thioether (sulfide) groups is 1. The van der Waals surface area contributed by atoms with Crippen molar-refractivity contribution in [2.24, 2.45) is 0 Å². The number of carbonyl (C=O) groups is 1. The number of nitrogens with one attached hydrogen (secondary N) is 2. The van der Waals surface area contributed by atoms with Crippen molar-refractivity contribution in [1.82, 2.24) is 15.2 Å². The molecule has 3 heterocycles. The smallest absolute Gasteiger partial charge is 0.326 e. The molecule has 0 fully saturated rings. The minimum Gasteiger partial charge on any atom is -0.481 e. The molecule has 7 nitrogen and oxygen atoms in total. The van der Waals surface area contributed by atoms with E-state index < -0.39 is 11.8 Å². The highest BCUT2D eigenvalue weighted by molar-refractivity contribution is 7.98. The summed E-state index contributed by atoms with van der Waals surface area (Å²) in [7, 11) is 1.53. The van der Waals surface area contributed by atoms with Gasteiger partial charge in [0, 0.05) is 28.8 Å². The quantitative estimate of drug-likeness (QED) is 0.595. The third-order valence-corrected chi connectivity index (χ3v) is 6.02. The van der Waals surface area contributed by atoms with Gasteiger partial charge in [-0.15, -0.1) is 0 Å². The maximum absolute atomic E-state index is 13.5. The Morgan fingerprint density at radius 1 is 1.40 bits per heavy atom. The van der Waals surface area contributed by atoms with Gasteiger partial charge >= 0.3 is 6.03 Å². The van der Waals surface area contributed by atoms with Crippen LogP contribution in [0.5, 0.6) is 5.88 Å². The first kappa shape index (κ1) is 20.5. The van der Waals surface area contributed by atoms with Gasteiger partial charge in [0.2, 0.25) is 5.88 Å². The number of benzene rings is 1. The van der Waals surface area contributed by atoms with Crippen molar-refractivity contribution in [2.45, 2.75) is 18.7 Å². The first-order valence-corrected chi connectivity index (χ1v) is 10.7. The van der Waals surface area contributed by atoms with Crippen molar-refractivity contribution in [3.63, 3.8) is 0 Å². The molecule has 2 aromatic heterocycles. The topological polar surface area (TPSA) is 83.1 Å². The van der Waals surface area contributed by atoms with Gasteiger partial charge in [0.15, 0.2) is 0 Å². The highest BCUT2D eigenvalue weighted by Crippen LogP contribution is 2.28. The third-order valence-electron chi connectivity index (χ3n) is 4.75. The molecule has 2 N–H and O–H groups in total. The number of H-pyrrole nitrogens is 1. The molecule has 0 aliphatic carbocycles. The van der Waals surface area contributed by atoms with Crippen molar-refractivity contribution < 1.29 is 13.9 Å². The lowest BCUT2D eigenvalue weighted by molar-refractivity contribution is 0.256. The number of fused-ring (bicyclic) bond motifs is 1. The second-order valence-corrected chi connectivity index (χ2v) is 8.15. The SMILES string of the molecule is COc1ccc(N(Cc2n[nH]c3c2CSCC3)C(=O)Nc2ccc(F)c(Cl)c2)cn1. The summed E-state index contributed by atoms with van der Waals surface area (Å²) in [6.07, 6.45) is 2.49. The summed E-state index contributed by atoms with van der Waals surface area (Å²) in [4.78, 5) is 18.9. The van der Waals surface area contributed by atoms with Gasteiger partial charge in [-0.05, 0) is 36.4 Å². The van der Waals surface area contributed by atoms with Crippen LogP contribution in [0.4, 0.5) is 20.6 Å². The van der Waals surface area contributed by atoms with Crippen LogP contribution in [0.3, 0.4) is 0 Å². The Balaban J connectivity index is 1.63. The summed E-state index contributed by atoms with van der Waals surface area (Å²) in [5.41, 5.74) is 4.01. The average Bonchev–Trinajstić information content (AvgIpc) is 3.17. The second kappa shape index (κ2) is 8.93.